The SMILES string of the molecule is CCCC/C=C\CCCCCCCC(=O)OC(COC(=O)CCC)COC1OC(CO)C(O)C(O)C1O. The second-order valence-electron chi connectivity index (χ2n) is 9.50. The van der Waals surface area contributed by atoms with Gasteiger partial charge < -0.3 is 39.4 Å². The van der Waals surface area contributed by atoms with E-state index in [9.17, 15) is 30.0 Å². The minimum absolute atomic E-state index is 0.219. The Labute approximate surface area is 220 Å². The fraction of sp³-hybridized carbons (Fsp3) is 0.852. The third kappa shape index (κ3) is 14.2. The van der Waals surface area contributed by atoms with Gasteiger partial charge in [-0.25, -0.2) is 0 Å². The van der Waals surface area contributed by atoms with Crippen LogP contribution in [-0.4, -0.2) is 89.0 Å². The van der Waals surface area contributed by atoms with Gasteiger partial charge >= 0.3 is 11.9 Å². The van der Waals surface area contributed by atoms with E-state index in [4.69, 9.17) is 18.9 Å². The number of carbonyl (C=O) groups excluding carboxylic acids is 2. The van der Waals surface area contributed by atoms with Crippen molar-refractivity contribution in [3.63, 3.8) is 0 Å². The number of ether oxygens (including phenoxy) is 4. The van der Waals surface area contributed by atoms with Crippen molar-refractivity contribution in [2.24, 2.45) is 0 Å². The van der Waals surface area contributed by atoms with Gasteiger partial charge in [0.05, 0.1) is 13.2 Å². The predicted molar refractivity (Wildman–Crippen MR) is 136 cm³/mol. The quantitative estimate of drug-likeness (QED) is 0.105. The van der Waals surface area contributed by atoms with Crippen molar-refractivity contribution in [3.05, 3.63) is 12.2 Å². The highest BCUT2D eigenvalue weighted by atomic mass is 16.7. The molecule has 0 saturated carbocycles. The molecular formula is C27H48O10. The molecule has 4 N–H and O–H groups in total. The van der Waals surface area contributed by atoms with Gasteiger partial charge in [0.2, 0.25) is 0 Å². The fourth-order valence-corrected chi connectivity index (χ4v) is 3.85. The first-order valence-electron chi connectivity index (χ1n) is 13.8. The van der Waals surface area contributed by atoms with E-state index in [1.807, 2.05) is 6.92 Å². The van der Waals surface area contributed by atoms with Crippen molar-refractivity contribution in [3.8, 4) is 0 Å². The normalized spacial score (nSPS) is 24.8. The molecule has 1 heterocycles. The Hall–Kier alpha value is -1.56. The lowest BCUT2D eigenvalue weighted by atomic mass is 9.99. The molecule has 0 amide bonds. The van der Waals surface area contributed by atoms with Crippen LogP contribution in [0, 0.1) is 0 Å². The van der Waals surface area contributed by atoms with Gasteiger partial charge in [-0.05, 0) is 32.1 Å². The Morgan fingerprint density at radius 3 is 2.16 bits per heavy atom. The van der Waals surface area contributed by atoms with Crippen LogP contribution in [0.2, 0.25) is 0 Å². The Kier molecular flexibility index (Phi) is 18.5. The zero-order valence-corrected chi connectivity index (χ0v) is 22.5. The number of unbranched alkanes of at least 4 members (excludes halogenated alkanes) is 7. The molecule has 10 heteroatoms. The second kappa shape index (κ2) is 20.4. The molecule has 0 aromatic heterocycles. The highest BCUT2D eigenvalue weighted by Crippen LogP contribution is 2.22. The van der Waals surface area contributed by atoms with Crippen LogP contribution in [0.4, 0.5) is 0 Å². The van der Waals surface area contributed by atoms with Gasteiger partial charge in [-0.15, -0.1) is 0 Å². The second-order valence-corrected chi connectivity index (χ2v) is 9.50. The Bertz CT molecular complexity index is 639. The highest BCUT2D eigenvalue weighted by molar-refractivity contribution is 5.70. The van der Waals surface area contributed by atoms with Gasteiger partial charge in [-0.3, -0.25) is 9.59 Å². The maximum atomic E-state index is 12.4. The number of rotatable bonds is 20. The molecule has 0 aromatic rings. The maximum Gasteiger partial charge on any atom is 0.306 e. The summed E-state index contributed by atoms with van der Waals surface area (Å²) in [7, 11) is 0. The van der Waals surface area contributed by atoms with Crippen molar-refractivity contribution in [1.82, 2.24) is 0 Å². The zero-order chi connectivity index (χ0) is 27.5. The predicted octanol–water partition coefficient (Wildman–Crippen LogP) is 2.54. The molecule has 1 aliphatic rings. The summed E-state index contributed by atoms with van der Waals surface area (Å²) in [6.07, 6.45) is 6.97. The molecule has 0 aliphatic carbocycles. The van der Waals surface area contributed by atoms with Gasteiger partial charge in [0.15, 0.2) is 12.4 Å². The maximum absolute atomic E-state index is 12.4. The number of carbonyl (C=O) groups is 2. The van der Waals surface area contributed by atoms with Crippen LogP contribution in [0.15, 0.2) is 12.2 Å². The van der Waals surface area contributed by atoms with Crippen LogP contribution in [0.3, 0.4) is 0 Å². The Morgan fingerprint density at radius 2 is 1.49 bits per heavy atom. The van der Waals surface area contributed by atoms with Crippen LogP contribution in [0.25, 0.3) is 0 Å². The number of hydrogen-bond donors (Lipinski definition) is 4. The zero-order valence-electron chi connectivity index (χ0n) is 22.5. The first-order chi connectivity index (χ1) is 17.8. The summed E-state index contributed by atoms with van der Waals surface area (Å²) in [4.78, 5) is 24.2. The van der Waals surface area contributed by atoms with E-state index in [0.717, 1.165) is 38.5 Å². The van der Waals surface area contributed by atoms with Crippen LogP contribution < -0.4 is 0 Å². The average Bonchev–Trinajstić information content (AvgIpc) is 2.88. The van der Waals surface area contributed by atoms with Gasteiger partial charge in [-0.2, -0.15) is 0 Å². The van der Waals surface area contributed by atoms with Crippen molar-refractivity contribution >= 4 is 11.9 Å². The topological polar surface area (TPSA) is 152 Å². The van der Waals surface area contributed by atoms with Gasteiger partial charge in [-0.1, -0.05) is 58.1 Å². The van der Waals surface area contributed by atoms with Crippen molar-refractivity contribution in [2.75, 3.05) is 19.8 Å². The number of aliphatic hydroxyl groups is 4. The van der Waals surface area contributed by atoms with Crippen molar-refractivity contribution in [1.29, 1.82) is 0 Å². The van der Waals surface area contributed by atoms with E-state index < -0.39 is 55.4 Å². The van der Waals surface area contributed by atoms with E-state index >= 15 is 0 Å². The molecule has 1 aliphatic heterocycles. The number of allylic oxidation sites excluding steroid dienone is 2. The highest BCUT2D eigenvalue weighted by Gasteiger charge is 2.44. The molecule has 1 saturated heterocycles. The molecule has 1 rings (SSSR count). The van der Waals surface area contributed by atoms with Crippen LogP contribution in [0.5, 0.6) is 0 Å². The molecule has 10 nitrogen and oxygen atoms in total. The monoisotopic (exact) mass is 532 g/mol. The van der Waals surface area contributed by atoms with E-state index in [-0.39, 0.29) is 26.1 Å². The molecule has 6 unspecified atom stereocenters. The lowest BCUT2D eigenvalue weighted by Crippen LogP contribution is -2.59. The number of esters is 2. The number of aliphatic hydroxyl groups excluding tert-OH is 4. The molecule has 6 atom stereocenters. The molecule has 0 spiro atoms. The first-order valence-corrected chi connectivity index (χ1v) is 13.8. The minimum Gasteiger partial charge on any atom is -0.462 e. The lowest BCUT2D eigenvalue weighted by molar-refractivity contribution is -0.305. The summed E-state index contributed by atoms with van der Waals surface area (Å²) in [6.45, 7) is 2.93. The largest absolute Gasteiger partial charge is 0.462 e. The van der Waals surface area contributed by atoms with E-state index in [0.29, 0.717) is 12.8 Å². The summed E-state index contributed by atoms with van der Waals surface area (Å²) in [5.74, 6) is -0.885. The summed E-state index contributed by atoms with van der Waals surface area (Å²) in [5.41, 5.74) is 0. The lowest BCUT2D eigenvalue weighted by Gasteiger charge is -2.39. The minimum atomic E-state index is -1.59. The summed E-state index contributed by atoms with van der Waals surface area (Å²) in [5, 5.41) is 39.3. The van der Waals surface area contributed by atoms with Crippen molar-refractivity contribution in [2.45, 2.75) is 128 Å². The molecule has 216 valence electrons. The molecule has 0 bridgehead atoms. The Morgan fingerprint density at radius 1 is 0.811 bits per heavy atom. The van der Waals surface area contributed by atoms with Gasteiger partial charge in [0.1, 0.15) is 31.0 Å². The van der Waals surface area contributed by atoms with Crippen LogP contribution >= 0.6 is 0 Å². The number of hydrogen-bond acceptors (Lipinski definition) is 10. The first kappa shape index (κ1) is 33.5. The van der Waals surface area contributed by atoms with E-state index in [2.05, 4.69) is 19.1 Å². The fourth-order valence-electron chi connectivity index (χ4n) is 3.85. The summed E-state index contributed by atoms with van der Waals surface area (Å²) >= 11 is 0. The third-order valence-electron chi connectivity index (χ3n) is 6.12. The van der Waals surface area contributed by atoms with Crippen LogP contribution in [0.1, 0.15) is 90.9 Å². The summed E-state index contributed by atoms with van der Waals surface area (Å²) < 4.78 is 21.4. The Balaban J connectivity index is 2.43. The molecule has 37 heavy (non-hydrogen) atoms. The third-order valence-corrected chi connectivity index (χ3v) is 6.12. The van der Waals surface area contributed by atoms with E-state index in [1.54, 1.807) is 0 Å². The van der Waals surface area contributed by atoms with Crippen LogP contribution in [-0.2, 0) is 28.5 Å². The average molecular weight is 533 g/mol. The van der Waals surface area contributed by atoms with Crippen molar-refractivity contribution < 1.29 is 49.0 Å². The molecule has 1 fully saturated rings. The molecular weight excluding hydrogens is 484 g/mol. The summed E-state index contributed by atoms with van der Waals surface area (Å²) in [6, 6.07) is 0. The van der Waals surface area contributed by atoms with Gasteiger partial charge in [0.25, 0.3) is 0 Å². The standard InChI is InChI=1S/C27H48O10/c1-3-5-6-7-8-9-10-11-12-13-14-16-23(30)36-20(18-34-22(29)15-4-2)19-35-27-26(33)25(32)24(31)21(17-28)37-27/h7-8,20-21,24-28,31-33H,3-6,9-19H2,1-2H3/b8-7-. The van der Waals surface area contributed by atoms with E-state index in [1.165, 1.54) is 12.8 Å². The van der Waals surface area contributed by atoms with Gasteiger partial charge in [0, 0.05) is 12.8 Å². The molecule has 0 radical (unpaired) electrons. The molecule has 0 aromatic carbocycles. The smallest absolute Gasteiger partial charge is 0.306 e.